The van der Waals surface area contributed by atoms with Gasteiger partial charge in [-0.15, -0.1) is 11.3 Å². The standard InChI is InChI=1S/C18H19ClN2O6S2/c19-14-3-1-2-4-15(14)20-16(22)12-27-17(23)11-13-5-6-18(28-13)29(24,25)21-7-9-26-10-8-21/h1-6H,7-12H2,(H,20,22). The number of carbonyl (C=O) groups excluding carboxylic acids is 2. The number of sulfonamides is 1. The van der Waals surface area contributed by atoms with Gasteiger partial charge in [0.1, 0.15) is 4.21 Å². The second-order valence-corrected chi connectivity index (χ2v) is 9.84. The summed E-state index contributed by atoms with van der Waals surface area (Å²) in [4.78, 5) is 24.4. The summed E-state index contributed by atoms with van der Waals surface area (Å²) in [5, 5.41) is 2.92. The molecule has 1 saturated heterocycles. The summed E-state index contributed by atoms with van der Waals surface area (Å²) < 4.78 is 36.9. The summed E-state index contributed by atoms with van der Waals surface area (Å²) in [5.74, 6) is -1.15. The maximum absolute atomic E-state index is 12.6. The van der Waals surface area contributed by atoms with E-state index < -0.39 is 28.5 Å². The molecule has 0 aliphatic carbocycles. The molecule has 0 spiro atoms. The van der Waals surface area contributed by atoms with E-state index >= 15 is 0 Å². The minimum absolute atomic E-state index is 0.122. The topological polar surface area (TPSA) is 102 Å². The van der Waals surface area contributed by atoms with E-state index in [1.54, 1.807) is 30.3 Å². The Morgan fingerprint density at radius 3 is 2.62 bits per heavy atom. The van der Waals surface area contributed by atoms with E-state index in [4.69, 9.17) is 21.1 Å². The quantitative estimate of drug-likeness (QED) is 0.638. The van der Waals surface area contributed by atoms with Crippen LogP contribution in [0.25, 0.3) is 0 Å². The van der Waals surface area contributed by atoms with Gasteiger partial charge in [0.15, 0.2) is 6.61 Å². The number of thiophene rings is 1. The van der Waals surface area contributed by atoms with E-state index in [0.29, 0.717) is 41.9 Å². The molecule has 0 bridgehead atoms. The van der Waals surface area contributed by atoms with Crippen LogP contribution in [0, 0.1) is 0 Å². The van der Waals surface area contributed by atoms with Crippen molar-refractivity contribution in [3.63, 3.8) is 0 Å². The van der Waals surface area contributed by atoms with Crippen molar-refractivity contribution in [2.45, 2.75) is 10.6 Å². The van der Waals surface area contributed by atoms with Crippen molar-refractivity contribution in [2.24, 2.45) is 0 Å². The minimum Gasteiger partial charge on any atom is -0.455 e. The average molecular weight is 459 g/mol. The molecule has 1 aliphatic rings. The van der Waals surface area contributed by atoms with Gasteiger partial charge in [-0.3, -0.25) is 9.59 Å². The third kappa shape index (κ3) is 5.77. The van der Waals surface area contributed by atoms with Gasteiger partial charge in [-0.2, -0.15) is 4.31 Å². The number of amides is 1. The van der Waals surface area contributed by atoms with Crippen LogP contribution in [0.1, 0.15) is 4.88 Å². The number of para-hydroxylation sites is 1. The Labute approximate surface area is 177 Å². The van der Waals surface area contributed by atoms with Crippen LogP contribution in [0.3, 0.4) is 0 Å². The SMILES string of the molecule is O=C(COC(=O)Cc1ccc(S(=O)(=O)N2CCOCC2)s1)Nc1ccccc1Cl. The molecule has 8 nitrogen and oxygen atoms in total. The fourth-order valence-corrected chi connectivity index (χ4v) is 5.68. The predicted molar refractivity (Wildman–Crippen MR) is 109 cm³/mol. The van der Waals surface area contributed by atoms with Crippen LogP contribution >= 0.6 is 22.9 Å². The zero-order valence-corrected chi connectivity index (χ0v) is 17.7. The predicted octanol–water partition coefficient (Wildman–Crippen LogP) is 2.15. The fourth-order valence-electron chi connectivity index (χ4n) is 2.59. The molecule has 156 valence electrons. The van der Waals surface area contributed by atoms with Crippen molar-refractivity contribution in [1.29, 1.82) is 0 Å². The molecule has 0 radical (unpaired) electrons. The van der Waals surface area contributed by atoms with Gasteiger partial charge < -0.3 is 14.8 Å². The first kappa shape index (κ1) is 21.7. The Morgan fingerprint density at radius 2 is 1.90 bits per heavy atom. The van der Waals surface area contributed by atoms with Gasteiger partial charge in [0.05, 0.1) is 30.3 Å². The lowest BCUT2D eigenvalue weighted by molar-refractivity contribution is -0.146. The van der Waals surface area contributed by atoms with Crippen molar-refractivity contribution in [3.05, 3.63) is 46.3 Å². The van der Waals surface area contributed by atoms with Gasteiger partial charge in [-0.05, 0) is 24.3 Å². The summed E-state index contributed by atoms with van der Waals surface area (Å²) in [7, 11) is -3.60. The Bertz CT molecular complexity index is 986. The number of hydrogen-bond acceptors (Lipinski definition) is 7. The molecular formula is C18H19ClN2O6S2. The van der Waals surface area contributed by atoms with Crippen molar-refractivity contribution in [2.75, 3.05) is 38.2 Å². The van der Waals surface area contributed by atoms with Crippen molar-refractivity contribution in [1.82, 2.24) is 4.31 Å². The second kappa shape index (κ2) is 9.68. The molecule has 1 aromatic heterocycles. The van der Waals surface area contributed by atoms with Gasteiger partial charge in [-0.1, -0.05) is 23.7 Å². The lowest BCUT2D eigenvalue weighted by Gasteiger charge is -2.25. The molecule has 2 aromatic rings. The Hall–Kier alpha value is -1.98. The molecular weight excluding hydrogens is 440 g/mol. The van der Waals surface area contributed by atoms with Crippen molar-refractivity contribution in [3.8, 4) is 0 Å². The first-order valence-corrected chi connectivity index (χ1v) is 11.4. The molecule has 3 rings (SSSR count). The average Bonchev–Trinajstić information content (AvgIpc) is 3.18. The van der Waals surface area contributed by atoms with Gasteiger partial charge in [0, 0.05) is 18.0 Å². The lowest BCUT2D eigenvalue weighted by atomic mass is 10.3. The number of anilines is 1. The van der Waals surface area contributed by atoms with Gasteiger partial charge in [0.25, 0.3) is 15.9 Å². The number of halogens is 1. The molecule has 11 heteroatoms. The number of ether oxygens (including phenoxy) is 2. The van der Waals surface area contributed by atoms with Gasteiger partial charge >= 0.3 is 5.97 Å². The monoisotopic (exact) mass is 458 g/mol. The maximum atomic E-state index is 12.6. The number of nitrogens with zero attached hydrogens (tertiary/aromatic N) is 1. The van der Waals surface area contributed by atoms with Crippen LogP contribution in [-0.2, 0) is 35.5 Å². The molecule has 2 heterocycles. The third-order valence-corrected chi connectivity index (χ3v) is 7.81. The number of esters is 1. The molecule has 0 atom stereocenters. The molecule has 0 saturated carbocycles. The number of morpholine rings is 1. The molecule has 0 unspecified atom stereocenters. The van der Waals surface area contributed by atoms with Crippen LogP contribution in [0.15, 0.2) is 40.6 Å². The summed E-state index contributed by atoms with van der Waals surface area (Å²) in [6.45, 7) is 0.866. The van der Waals surface area contributed by atoms with Crippen LogP contribution in [-0.4, -0.2) is 57.5 Å². The lowest BCUT2D eigenvalue weighted by Crippen LogP contribution is -2.40. The number of rotatable bonds is 7. The Morgan fingerprint density at radius 1 is 1.17 bits per heavy atom. The highest BCUT2D eigenvalue weighted by atomic mass is 35.5. The molecule has 1 fully saturated rings. The Kier molecular flexibility index (Phi) is 7.25. The van der Waals surface area contributed by atoms with Crippen LogP contribution in [0.5, 0.6) is 0 Å². The Balaban J connectivity index is 1.51. The number of hydrogen-bond donors (Lipinski definition) is 1. The smallest absolute Gasteiger partial charge is 0.311 e. The first-order chi connectivity index (χ1) is 13.9. The summed E-state index contributed by atoms with van der Waals surface area (Å²) in [6.07, 6.45) is -0.122. The maximum Gasteiger partial charge on any atom is 0.311 e. The van der Waals surface area contributed by atoms with Crippen LogP contribution in [0.4, 0.5) is 5.69 Å². The van der Waals surface area contributed by atoms with Crippen molar-refractivity contribution >= 4 is 50.5 Å². The van der Waals surface area contributed by atoms with E-state index in [0.717, 1.165) is 11.3 Å². The summed E-state index contributed by atoms with van der Waals surface area (Å²) >= 11 is 6.96. The fraction of sp³-hybridized carbons (Fsp3) is 0.333. The summed E-state index contributed by atoms with van der Waals surface area (Å²) in [6, 6.07) is 9.75. The summed E-state index contributed by atoms with van der Waals surface area (Å²) in [5.41, 5.74) is 0.423. The van der Waals surface area contributed by atoms with E-state index in [9.17, 15) is 18.0 Å². The highest BCUT2D eigenvalue weighted by Crippen LogP contribution is 2.26. The molecule has 1 aromatic carbocycles. The van der Waals surface area contributed by atoms with E-state index in [2.05, 4.69) is 5.32 Å². The van der Waals surface area contributed by atoms with Crippen LogP contribution in [0.2, 0.25) is 5.02 Å². The number of benzene rings is 1. The van der Waals surface area contributed by atoms with Crippen LogP contribution < -0.4 is 5.32 Å². The molecule has 29 heavy (non-hydrogen) atoms. The zero-order chi connectivity index (χ0) is 20.9. The normalized spacial score (nSPS) is 15.1. The highest BCUT2D eigenvalue weighted by Gasteiger charge is 2.28. The van der Waals surface area contributed by atoms with Gasteiger partial charge in [-0.25, -0.2) is 8.42 Å². The first-order valence-electron chi connectivity index (χ1n) is 8.73. The number of carbonyl (C=O) groups is 2. The largest absolute Gasteiger partial charge is 0.455 e. The minimum atomic E-state index is -3.60. The van der Waals surface area contributed by atoms with E-state index in [-0.39, 0.29) is 10.6 Å². The highest BCUT2D eigenvalue weighted by molar-refractivity contribution is 7.91. The molecule has 1 N–H and O–H groups in total. The molecule has 1 aliphatic heterocycles. The van der Waals surface area contributed by atoms with Gasteiger partial charge in [0.2, 0.25) is 0 Å². The van der Waals surface area contributed by atoms with Crippen molar-refractivity contribution < 1.29 is 27.5 Å². The third-order valence-electron chi connectivity index (χ3n) is 4.03. The zero-order valence-electron chi connectivity index (χ0n) is 15.3. The molecule has 1 amide bonds. The van der Waals surface area contributed by atoms with E-state index in [1.807, 2.05) is 0 Å². The van der Waals surface area contributed by atoms with E-state index in [1.165, 1.54) is 10.4 Å². The number of nitrogens with one attached hydrogen (secondary N) is 1. The second-order valence-electron chi connectivity index (χ2n) is 6.10.